The number of aryl methyl sites for hydroxylation is 2. The fourth-order valence-corrected chi connectivity index (χ4v) is 2.73. The summed E-state index contributed by atoms with van der Waals surface area (Å²) in [5, 5.41) is 2.19. The first-order valence-electron chi connectivity index (χ1n) is 5.44. The zero-order chi connectivity index (χ0) is 11.3. The first-order chi connectivity index (χ1) is 7.19. The van der Waals surface area contributed by atoms with Crippen LogP contribution in [0.1, 0.15) is 30.3 Å². The van der Waals surface area contributed by atoms with Crippen LogP contribution < -0.4 is 4.90 Å². The van der Waals surface area contributed by atoms with Crippen LogP contribution in [0.25, 0.3) is 0 Å². The Balaban J connectivity index is 2.69. The molecule has 0 atom stereocenters. The fourth-order valence-electron chi connectivity index (χ4n) is 1.35. The number of anilines is 1. The molecule has 0 saturated carbocycles. The molecule has 0 saturated heterocycles. The summed E-state index contributed by atoms with van der Waals surface area (Å²) in [6, 6.07) is 0. The van der Waals surface area contributed by atoms with Crippen LogP contribution in [0, 0.1) is 13.8 Å². The molecule has 15 heavy (non-hydrogen) atoms. The second kappa shape index (κ2) is 6.48. The van der Waals surface area contributed by atoms with Crippen LogP contribution in [-0.4, -0.2) is 23.4 Å². The molecular weight excluding hydrogens is 272 g/mol. The van der Waals surface area contributed by atoms with Gasteiger partial charge < -0.3 is 4.90 Å². The van der Waals surface area contributed by atoms with Gasteiger partial charge in [0.25, 0.3) is 0 Å². The number of rotatable bonds is 6. The summed E-state index contributed by atoms with van der Waals surface area (Å²) in [5.74, 6) is 0. The highest BCUT2D eigenvalue weighted by Crippen LogP contribution is 2.25. The second-order valence-corrected chi connectivity index (χ2v) is 5.64. The summed E-state index contributed by atoms with van der Waals surface area (Å²) in [7, 11) is 0. The number of nitrogens with zero attached hydrogens (tertiary/aromatic N) is 2. The first kappa shape index (κ1) is 13.0. The summed E-state index contributed by atoms with van der Waals surface area (Å²) >= 11 is 5.31. The Labute approximate surface area is 105 Å². The summed E-state index contributed by atoms with van der Waals surface area (Å²) < 4.78 is 0. The van der Waals surface area contributed by atoms with Gasteiger partial charge in [-0.2, -0.15) is 0 Å². The quantitative estimate of drug-likeness (QED) is 0.742. The molecule has 0 spiro atoms. The van der Waals surface area contributed by atoms with E-state index in [2.05, 4.69) is 46.6 Å². The van der Waals surface area contributed by atoms with Crippen LogP contribution in [0.3, 0.4) is 0 Å². The van der Waals surface area contributed by atoms with E-state index in [1.807, 2.05) is 0 Å². The van der Waals surface area contributed by atoms with Gasteiger partial charge >= 0.3 is 0 Å². The molecule has 1 aromatic heterocycles. The number of thiazole rings is 1. The largest absolute Gasteiger partial charge is 0.347 e. The van der Waals surface area contributed by atoms with Crippen molar-refractivity contribution in [3.8, 4) is 0 Å². The van der Waals surface area contributed by atoms with Gasteiger partial charge in [0.1, 0.15) is 0 Å². The Morgan fingerprint density at radius 1 is 1.33 bits per heavy atom. The van der Waals surface area contributed by atoms with Gasteiger partial charge in [-0.05, 0) is 20.3 Å². The molecule has 1 heterocycles. The van der Waals surface area contributed by atoms with E-state index in [1.54, 1.807) is 11.3 Å². The Hall–Kier alpha value is -0.0900. The lowest BCUT2D eigenvalue weighted by atomic mass is 10.3. The zero-order valence-electron chi connectivity index (χ0n) is 9.72. The number of unbranched alkanes of at least 4 members (excludes halogenated alkanes) is 1. The molecule has 1 rings (SSSR count). The minimum atomic E-state index is 1.01. The number of halogens is 1. The Kier molecular flexibility index (Phi) is 5.61. The molecule has 1 aromatic rings. The predicted octanol–water partition coefficient (Wildman–Crippen LogP) is 3.76. The molecule has 0 aliphatic rings. The van der Waals surface area contributed by atoms with Crippen LogP contribution in [0.2, 0.25) is 0 Å². The maximum atomic E-state index is 4.61. The van der Waals surface area contributed by atoms with Gasteiger partial charge in [-0.3, -0.25) is 0 Å². The molecule has 0 fully saturated rings. The zero-order valence-corrected chi connectivity index (χ0v) is 12.1. The normalized spacial score (nSPS) is 10.7. The van der Waals surface area contributed by atoms with Crippen molar-refractivity contribution in [3.05, 3.63) is 10.6 Å². The first-order valence-corrected chi connectivity index (χ1v) is 7.37. The minimum Gasteiger partial charge on any atom is -0.347 e. The van der Waals surface area contributed by atoms with Crippen LogP contribution in [0.5, 0.6) is 0 Å². The highest BCUT2D eigenvalue weighted by molar-refractivity contribution is 9.09. The molecule has 86 valence electrons. The topological polar surface area (TPSA) is 16.1 Å². The summed E-state index contributed by atoms with van der Waals surface area (Å²) in [6.45, 7) is 8.62. The Bertz CT molecular complexity index is 279. The average molecular weight is 291 g/mol. The monoisotopic (exact) mass is 290 g/mol. The lowest BCUT2D eigenvalue weighted by Crippen LogP contribution is -2.26. The van der Waals surface area contributed by atoms with Crippen molar-refractivity contribution in [1.82, 2.24) is 4.98 Å². The Morgan fingerprint density at radius 2 is 2.07 bits per heavy atom. The molecule has 0 bridgehead atoms. The van der Waals surface area contributed by atoms with E-state index in [0.29, 0.717) is 0 Å². The predicted molar refractivity (Wildman–Crippen MR) is 72.5 cm³/mol. The molecule has 0 amide bonds. The van der Waals surface area contributed by atoms with E-state index in [-0.39, 0.29) is 0 Å². The third-order valence-corrected chi connectivity index (χ3v) is 3.91. The number of aromatic nitrogens is 1. The van der Waals surface area contributed by atoms with Crippen molar-refractivity contribution < 1.29 is 0 Å². The van der Waals surface area contributed by atoms with Crippen LogP contribution >= 0.6 is 27.3 Å². The molecule has 0 aromatic carbocycles. The van der Waals surface area contributed by atoms with Crippen molar-refractivity contribution in [3.63, 3.8) is 0 Å². The van der Waals surface area contributed by atoms with Gasteiger partial charge in [0.05, 0.1) is 5.69 Å². The van der Waals surface area contributed by atoms with Crippen molar-refractivity contribution in [2.24, 2.45) is 0 Å². The number of hydrogen-bond acceptors (Lipinski definition) is 3. The molecule has 0 radical (unpaired) electrons. The number of alkyl halides is 1. The molecule has 0 aliphatic carbocycles. The maximum Gasteiger partial charge on any atom is 0.185 e. The Morgan fingerprint density at radius 3 is 2.53 bits per heavy atom. The number of hydrogen-bond donors (Lipinski definition) is 0. The maximum absolute atomic E-state index is 4.61. The van der Waals surface area contributed by atoms with E-state index in [4.69, 9.17) is 0 Å². The highest BCUT2D eigenvalue weighted by atomic mass is 79.9. The van der Waals surface area contributed by atoms with Crippen molar-refractivity contribution >= 4 is 32.4 Å². The van der Waals surface area contributed by atoms with Crippen molar-refractivity contribution in [1.29, 1.82) is 0 Å². The van der Waals surface area contributed by atoms with Gasteiger partial charge in [-0.1, -0.05) is 29.3 Å². The molecule has 0 N–H and O–H groups in total. The van der Waals surface area contributed by atoms with E-state index in [1.165, 1.54) is 28.5 Å². The van der Waals surface area contributed by atoms with Crippen molar-refractivity contribution in [2.75, 3.05) is 23.3 Å². The van der Waals surface area contributed by atoms with Crippen molar-refractivity contribution in [2.45, 2.75) is 33.6 Å². The fraction of sp³-hybridized carbons (Fsp3) is 0.727. The SMILES string of the molecule is CCCCN(CCBr)c1nc(C)c(C)s1. The molecule has 0 unspecified atom stereocenters. The summed E-state index contributed by atoms with van der Waals surface area (Å²) in [4.78, 5) is 8.32. The molecular formula is C11H19BrN2S. The van der Waals surface area contributed by atoms with E-state index < -0.39 is 0 Å². The molecule has 4 heteroatoms. The molecule has 0 aliphatic heterocycles. The van der Waals surface area contributed by atoms with Gasteiger partial charge in [0, 0.05) is 23.3 Å². The van der Waals surface area contributed by atoms with Gasteiger partial charge in [-0.25, -0.2) is 4.98 Å². The summed E-state index contributed by atoms with van der Waals surface area (Å²) in [6.07, 6.45) is 2.48. The standard InChI is InChI=1S/C11H19BrN2S/c1-4-5-7-14(8-6-12)11-13-9(2)10(3)15-11/h4-8H2,1-3H3. The lowest BCUT2D eigenvalue weighted by molar-refractivity contribution is 0.733. The van der Waals surface area contributed by atoms with Crippen LogP contribution in [0.15, 0.2) is 0 Å². The summed E-state index contributed by atoms with van der Waals surface area (Å²) in [5.41, 5.74) is 1.17. The van der Waals surface area contributed by atoms with Gasteiger partial charge in [0.15, 0.2) is 5.13 Å². The van der Waals surface area contributed by atoms with E-state index >= 15 is 0 Å². The lowest BCUT2D eigenvalue weighted by Gasteiger charge is -2.20. The average Bonchev–Trinajstić information content (AvgIpc) is 2.54. The van der Waals surface area contributed by atoms with Gasteiger partial charge in [-0.15, -0.1) is 11.3 Å². The van der Waals surface area contributed by atoms with E-state index in [9.17, 15) is 0 Å². The minimum absolute atomic E-state index is 1.01. The van der Waals surface area contributed by atoms with Crippen LogP contribution in [0.4, 0.5) is 5.13 Å². The highest BCUT2D eigenvalue weighted by Gasteiger charge is 2.10. The smallest absolute Gasteiger partial charge is 0.185 e. The third-order valence-electron chi connectivity index (χ3n) is 2.42. The third kappa shape index (κ3) is 3.76. The van der Waals surface area contributed by atoms with Crippen LogP contribution in [-0.2, 0) is 0 Å². The van der Waals surface area contributed by atoms with Gasteiger partial charge in [0.2, 0.25) is 0 Å². The van der Waals surface area contributed by atoms with E-state index in [0.717, 1.165) is 18.4 Å². The molecule has 2 nitrogen and oxygen atoms in total. The second-order valence-electron chi connectivity index (χ2n) is 3.67.